The summed E-state index contributed by atoms with van der Waals surface area (Å²) in [5, 5.41) is 9.83. The van der Waals surface area contributed by atoms with Crippen molar-refractivity contribution in [3.8, 4) is 17.2 Å². The van der Waals surface area contributed by atoms with Gasteiger partial charge in [-0.3, -0.25) is 4.79 Å². The highest BCUT2D eigenvalue weighted by Gasteiger charge is 2.17. The van der Waals surface area contributed by atoms with Gasteiger partial charge in [-0.25, -0.2) is 0 Å². The normalized spacial score (nSPS) is 10.7. The van der Waals surface area contributed by atoms with Crippen molar-refractivity contribution in [1.82, 2.24) is 14.8 Å². The summed E-state index contributed by atoms with van der Waals surface area (Å²) in [7, 11) is 3.09. The maximum Gasteiger partial charge on any atom is 0.191 e. The van der Waals surface area contributed by atoms with Gasteiger partial charge in [-0.15, -0.1) is 10.2 Å². The highest BCUT2D eigenvalue weighted by Crippen LogP contribution is 2.27. The first kappa shape index (κ1) is 23.0. The molecule has 0 aliphatic rings. The molecule has 0 aliphatic carbocycles. The third-order valence-electron chi connectivity index (χ3n) is 4.65. The van der Waals surface area contributed by atoms with Crippen LogP contribution in [-0.4, -0.2) is 40.5 Å². The fourth-order valence-electron chi connectivity index (χ4n) is 2.94. The second-order valence-corrected chi connectivity index (χ2v) is 7.97. The minimum atomic E-state index is -0.0826. The summed E-state index contributed by atoms with van der Waals surface area (Å²) in [4.78, 5) is 12.8. The number of ketones is 1. The lowest BCUT2D eigenvalue weighted by atomic mass is 10.1. The molecule has 0 fully saturated rings. The summed E-state index contributed by atoms with van der Waals surface area (Å²) in [6, 6.07) is 10.7. The topological polar surface area (TPSA) is 75.5 Å². The molecule has 0 aliphatic heterocycles. The minimum Gasteiger partial charge on any atom is -0.497 e. The first-order valence-corrected chi connectivity index (χ1v) is 11.0. The van der Waals surface area contributed by atoms with Crippen LogP contribution in [0.3, 0.4) is 0 Å². The summed E-state index contributed by atoms with van der Waals surface area (Å²) in [6.45, 7) is 4.84. The Labute approximate surface area is 190 Å². The number of aryl methyl sites for hydroxylation is 1. The zero-order chi connectivity index (χ0) is 22.4. The molecule has 2 aromatic carbocycles. The van der Waals surface area contributed by atoms with E-state index in [1.807, 2.05) is 30.5 Å². The van der Waals surface area contributed by atoms with Gasteiger partial charge < -0.3 is 18.8 Å². The van der Waals surface area contributed by atoms with E-state index in [2.05, 4.69) is 10.2 Å². The molecule has 0 bridgehead atoms. The first-order valence-electron chi connectivity index (χ1n) is 9.65. The van der Waals surface area contributed by atoms with Crippen LogP contribution in [0, 0.1) is 6.92 Å². The lowest BCUT2D eigenvalue weighted by molar-refractivity contribution is 0.101. The summed E-state index contributed by atoms with van der Waals surface area (Å²) in [5.41, 5.74) is 1.41. The molecule has 0 amide bonds. The number of carbonyl (C=O) groups excluding carboxylic acids is 1. The number of benzene rings is 2. The van der Waals surface area contributed by atoms with Gasteiger partial charge in [0.25, 0.3) is 0 Å². The van der Waals surface area contributed by atoms with Gasteiger partial charge in [0.05, 0.1) is 25.5 Å². The maximum atomic E-state index is 12.8. The third-order valence-corrected chi connectivity index (χ3v) is 6.04. The second kappa shape index (κ2) is 10.5. The van der Waals surface area contributed by atoms with Gasteiger partial charge in [-0.05, 0) is 55.8 Å². The molecule has 1 aromatic heterocycles. The van der Waals surface area contributed by atoms with Gasteiger partial charge in [0.15, 0.2) is 16.8 Å². The van der Waals surface area contributed by atoms with Crippen LogP contribution in [0.2, 0.25) is 5.02 Å². The molecule has 164 valence electrons. The number of hydrogen-bond acceptors (Lipinski definition) is 7. The Morgan fingerprint density at radius 2 is 1.87 bits per heavy atom. The molecule has 3 aromatic rings. The monoisotopic (exact) mass is 461 g/mol. The lowest BCUT2D eigenvalue weighted by Crippen LogP contribution is -2.09. The largest absolute Gasteiger partial charge is 0.497 e. The molecule has 31 heavy (non-hydrogen) atoms. The van der Waals surface area contributed by atoms with Crippen molar-refractivity contribution in [2.24, 2.45) is 0 Å². The number of aromatic nitrogens is 3. The molecular formula is C22H24ClN3O4S. The fourth-order valence-corrected chi connectivity index (χ4v) is 3.97. The van der Waals surface area contributed by atoms with E-state index in [1.165, 1.54) is 18.9 Å². The average Bonchev–Trinajstić information content (AvgIpc) is 3.19. The van der Waals surface area contributed by atoms with Crippen LogP contribution in [0.1, 0.15) is 28.7 Å². The number of hydrogen-bond donors (Lipinski definition) is 0. The number of nitrogens with zero attached hydrogens (tertiary/aromatic N) is 3. The molecule has 0 N–H and O–H groups in total. The zero-order valence-electron chi connectivity index (χ0n) is 17.8. The fraction of sp³-hybridized carbons (Fsp3) is 0.318. The molecule has 0 unspecified atom stereocenters. The zero-order valence-corrected chi connectivity index (χ0v) is 19.4. The number of methoxy groups -OCH3 is 2. The number of ether oxygens (including phenoxy) is 3. The van der Waals surface area contributed by atoms with Crippen molar-refractivity contribution in [3.05, 3.63) is 58.4 Å². The number of Topliss-reactive ketones (excluding diaryl/α,β-unsaturated/α-hetero) is 1. The number of thioether (sulfide) groups is 1. The van der Waals surface area contributed by atoms with Gasteiger partial charge in [0.1, 0.15) is 23.9 Å². The van der Waals surface area contributed by atoms with Crippen molar-refractivity contribution < 1.29 is 19.0 Å². The van der Waals surface area contributed by atoms with E-state index < -0.39 is 0 Å². The smallest absolute Gasteiger partial charge is 0.191 e. The molecule has 0 saturated heterocycles. The molecule has 0 spiro atoms. The number of carbonyl (C=O) groups is 1. The molecule has 0 saturated carbocycles. The SMILES string of the molecule is CCn1c(COc2ccc(Cl)c(C)c2)nnc1SCC(=O)c1cc(OC)ccc1OC. The molecule has 3 rings (SSSR count). The quantitative estimate of drug-likeness (QED) is 0.316. The predicted octanol–water partition coefficient (Wildman–Crippen LogP) is 4.83. The standard InChI is InChI=1S/C22H24ClN3O4S/c1-5-26-21(12-30-16-6-8-18(23)14(2)10-16)24-25-22(26)31-13-19(27)17-11-15(28-3)7-9-20(17)29-4/h6-11H,5,12-13H2,1-4H3. The summed E-state index contributed by atoms with van der Waals surface area (Å²) in [6.07, 6.45) is 0. The minimum absolute atomic E-state index is 0.0826. The molecule has 0 radical (unpaired) electrons. The number of halogens is 1. The van der Waals surface area contributed by atoms with Gasteiger partial charge >= 0.3 is 0 Å². The summed E-state index contributed by atoms with van der Waals surface area (Å²) in [5.74, 6) is 2.61. The predicted molar refractivity (Wildman–Crippen MR) is 121 cm³/mol. The van der Waals surface area contributed by atoms with E-state index in [0.717, 1.165) is 5.56 Å². The highest BCUT2D eigenvalue weighted by molar-refractivity contribution is 7.99. The van der Waals surface area contributed by atoms with E-state index in [1.54, 1.807) is 31.4 Å². The first-order chi connectivity index (χ1) is 15.0. The van der Waals surface area contributed by atoms with E-state index in [0.29, 0.717) is 45.4 Å². The second-order valence-electron chi connectivity index (χ2n) is 6.62. The highest BCUT2D eigenvalue weighted by atomic mass is 35.5. The van der Waals surface area contributed by atoms with Crippen LogP contribution >= 0.6 is 23.4 Å². The Morgan fingerprint density at radius 3 is 2.55 bits per heavy atom. The van der Waals surface area contributed by atoms with Crippen LogP contribution in [0.4, 0.5) is 0 Å². The van der Waals surface area contributed by atoms with Crippen LogP contribution in [0.5, 0.6) is 17.2 Å². The van der Waals surface area contributed by atoms with Gasteiger partial charge in [-0.2, -0.15) is 0 Å². The van der Waals surface area contributed by atoms with Gasteiger partial charge in [0.2, 0.25) is 0 Å². The van der Waals surface area contributed by atoms with Gasteiger partial charge in [-0.1, -0.05) is 23.4 Å². The molecule has 7 nitrogen and oxygen atoms in total. The van der Waals surface area contributed by atoms with Crippen LogP contribution in [-0.2, 0) is 13.2 Å². The van der Waals surface area contributed by atoms with E-state index in [4.69, 9.17) is 25.8 Å². The molecule has 9 heteroatoms. The lowest BCUT2D eigenvalue weighted by Gasteiger charge is -2.11. The van der Waals surface area contributed by atoms with Crippen molar-refractivity contribution in [2.45, 2.75) is 32.2 Å². The van der Waals surface area contributed by atoms with Crippen LogP contribution < -0.4 is 14.2 Å². The molecular weight excluding hydrogens is 438 g/mol. The summed E-state index contributed by atoms with van der Waals surface area (Å²) < 4.78 is 18.3. The third kappa shape index (κ3) is 5.51. The number of rotatable bonds is 10. The van der Waals surface area contributed by atoms with E-state index >= 15 is 0 Å². The Bertz CT molecular complexity index is 1070. The Kier molecular flexibility index (Phi) is 7.81. The van der Waals surface area contributed by atoms with Crippen LogP contribution in [0.25, 0.3) is 0 Å². The van der Waals surface area contributed by atoms with Crippen molar-refractivity contribution >= 4 is 29.1 Å². The van der Waals surface area contributed by atoms with Crippen LogP contribution in [0.15, 0.2) is 41.6 Å². The van der Waals surface area contributed by atoms with Crippen molar-refractivity contribution in [1.29, 1.82) is 0 Å². The van der Waals surface area contributed by atoms with E-state index in [-0.39, 0.29) is 18.1 Å². The maximum absolute atomic E-state index is 12.8. The Balaban J connectivity index is 1.68. The van der Waals surface area contributed by atoms with Crippen molar-refractivity contribution in [3.63, 3.8) is 0 Å². The average molecular weight is 462 g/mol. The Hall–Kier alpha value is -2.71. The summed E-state index contributed by atoms with van der Waals surface area (Å²) >= 11 is 7.39. The van der Waals surface area contributed by atoms with Gasteiger partial charge in [0, 0.05) is 11.6 Å². The Morgan fingerprint density at radius 1 is 1.10 bits per heavy atom. The van der Waals surface area contributed by atoms with Crippen molar-refractivity contribution in [2.75, 3.05) is 20.0 Å². The van der Waals surface area contributed by atoms with E-state index in [9.17, 15) is 4.79 Å². The molecule has 0 atom stereocenters. The molecule has 1 heterocycles.